The SMILES string of the molecule is C[C@](N)(CO)c1ncc(-c2ccc(OCCCCCc3ccccc3)cc2)[nH]1. The molecule has 0 amide bonds. The number of hydrogen-bond acceptors (Lipinski definition) is 4. The van der Waals surface area contributed by atoms with Crippen molar-refractivity contribution in [2.75, 3.05) is 13.2 Å². The zero-order valence-electron chi connectivity index (χ0n) is 16.4. The van der Waals surface area contributed by atoms with Crippen LogP contribution in [0.5, 0.6) is 5.75 Å². The number of nitrogens with one attached hydrogen (secondary N) is 1. The summed E-state index contributed by atoms with van der Waals surface area (Å²) in [5, 5.41) is 9.36. The number of aromatic amines is 1. The van der Waals surface area contributed by atoms with Gasteiger partial charge in [0.15, 0.2) is 0 Å². The van der Waals surface area contributed by atoms with E-state index < -0.39 is 5.54 Å². The number of aliphatic hydroxyl groups excluding tert-OH is 1. The van der Waals surface area contributed by atoms with E-state index in [2.05, 4.69) is 40.3 Å². The Morgan fingerprint density at radius 3 is 2.50 bits per heavy atom. The molecule has 2 aromatic carbocycles. The van der Waals surface area contributed by atoms with Crippen LogP contribution in [-0.2, 0) is 12.0 Å². The second-order valence-electron chi connectivity index (χ2n) is 7.39. The number of aromatic nitrogens is 2. The summed E-state index contributed by atoms with van der Waals surface area (Å²) >= 11 is 0. The van der Waals surface area contributed by atoms with Gasteiger partial charge in [-0.3, -0.25) is 0 Å². The Bertz CT molecular complexity index is 842. The molecule has 0 aliphatic heterocycles. The number of H-pyrrole nitrogens is 1. The molecule has 0 radical (unpaired) electrons. The van der Waals surface area contributed by atoms with Crippen molar-refractivity contribution in [3.8, 4) is 17.0 Å². The van der Waals surface area contributed by atoms with E-state index in [9.17, 15) is 5.11 Å². The molecular weight excluding hydrogens is 350 g/mol. The fourth-order valence-corrected chi connectivity index (χ4v) is 3.01. The maximum Gasteiger partial charge on any atom is 0.128 e. The van der Waals surface area contributed by atoms with Gasteiger partial charge in [-0.15, -0.1) is 0 Å². The average Bonchev–Trinajstić information content (AvgIpc) is 3.23. The van der Waals surface area contributed by atoms with Crippen molar-refractivity contribution < 1.29 is 9.84 Å². The topological polar surface area (TPSA) is 84.2 Å². The van der Waals surface area contributed by atoms with E-state index in [0.29, 0.717) is 5.82 Å². The maximum absolute atomic E-state index is 9.36. The Labute approximate surface area is 166 Å². The van der Waals surface area contributed by atoms with Gasteiger partial charge < -0.3 is 20.6 Å². The number of ether oxygens (including phenoxy) is 1. The van der Waals surface area contributed by atoms with Gasteiger partial charge in [0.1, 0.15) is 11.6 Å². The van der Waals surface area contributed by atoms with Crippen molar-refractivity contribution in [3.63, 3.8) is 0 Å². The zero-order valence-corrected chi connectivity index (χ0v) is 16.4. The third kappa shape index (κ3) is 5.44. The van der Waals surface area contributed by atoms with Gasteiger partial charge >= 0.3 is 0 Å². The summed E-state index contributed by atoms with van der Waals surface area (Å²) in [6, 6.07) is 18.5. The van der Waals surface area contributed by atoms with Crippen molar-refractivity contribution in [2.45, 2.75) is 38.1 Å². The Balaban J connectivity index is 1.42. The molecule has 1 heterocycles. The van der Waals surface area contributed by atoms with Crippen LogP contribution in [0.25, 0.3) is 11.3 Å². The predicted molar refractivity (Wildman–Crippen MR) is 112 cm³/mol. The molecule has 0 spiro atoms. The number of nitrogens with zero attached hydrogens (tertiary/aromatic N) is 1. The number of hydrogen-bond donors (Lipinski definition) is 3. The lowest BCUT2D eigenvalue weighted by Crippen LogP contribution is -2.38. The smallest absolute Gasteiger partial charge is 0.128 e. The van der Waals surface area contributed by atoms with Crippen LogP contribution in [0.15, 0.2) is 60.8 Å². The largest absolute Gasteiger partial charge is 0.494 e. The summed E-state index contributed by atoms with van der Waals surface area (Å²) in [5.41, 5.74) is 8.41. The molecule has 5 nitrogen and oxygen atoms in total. The molecule has 28 heavy (non-hydrogen) atoms. The summed E-state index contributed by atoms with van der Waals surface area (Å²) in [6.07, 6.45) is 6.25. The van der Waals surface area contributed by atoms with Gasteiger partial charge in [-0.1, -0.05) is 30.3 Å². The first-order chi connectivity index (χ1) is 13.6. The highest BCUT2D eigenvalue weighted by molar-refractivity contribution is 5.59. The monoisotopic (exact) mass is 379 g/mol. The summed E-state index contributed by atoms with van der Waals surface area (Å²) < 4.78 is 5.85. The molecule has 1 aromatic heterocycles. The minimum Gasteiger partial charge on any atom is -0.494 e. The molecule has 0 saturated heterocycles. The van der Waals surface area contributed by atoms with Gasteiger partial charge in [-0.2, -0.15) is 0 Å². The maximum atomic E-state index is 9.36. The number of aliphatic hydroxyl groups is 1. The molecule has 0 bridgehead atoms. The second-order valence-corrected chi connectivity index (χ2v) is 7.39. The quantitative estimate of drug-likeness (QED) is 0.464. The lowest BCUT2D eigenvalue weighted by atomic mass is 10.1. The molecule has 4 N–H and O–H groups in total. The Hall–Kier alpha value is -2.63. The Kier molecular flexibility index (Phi) is 6.85. The molecule has 0 saturated carbocycles. The molecule has 0 unspecified atom stereocenters. The summed E-state index contributed by atoms with van der Waals surface area (Å²) in [5.74, 6) is 1.44. The van der Waals surface area contributed by atoms with Gasteiger partial charge in [0.2, 0.25) is 0 Å². The van der Waals surface area contributed by atoms with E-state index in [1.54, 1.807) is 13.1 Å². The van der Waals surface area contributed by atoms with Crippen LogP contribution in [0.1, 0.15) is 37.6 Å². The molecule has 0 fully saturated rings. The highest BCUT2D eigenvalue weighted by Crippen LogP contribution is 2.23. The summed E-state index contributed by atoms with van der Waals surface area (Å²) in [6.45, 7) is 2.30. The summed E-state index contributed by atoms with van der Waals surface area (Å²) in [4.78, 5) is 7.47. The van der Waals surface area contributed by atoms with Gasteiger partial charge in [0.25, 0.3) is 0 Å². The number of unbranched alkanes of at least 4 members (excludes halogenated alkanes) is 2. The van der Waals surface area contributed by atoms with Crippen molar-refractivity contribution in [2.24, 2.45) is 5.73 Å². The van der Waals surface area contributed by atoms with Gasteiger partial charge in [0, 0.05) is 0 Å². The van der Waals surface area contributed by atoms with Crippen LogP contribution in [0.4, 0.5) is 0 Å². The number of imidazole rings is 1. The molecular formula is C23H29N3O2. The molecule has 1 atom stereocenters. The van der Waals surface area contributed by atoms with Crippen LogP contribution in [0, 0.1) is 0 Å². The lowest BCUT2D eigenvalue weighted by molar-refractivity contribution is 0.204. The van der Waals surface area contributed by atoms with Crippen molar-refractivity contribution in [1.29, 1.82) is 0 Å². The van der Waals surface area contributed by atoms with E-state index in [0.717, 1.165) is 42.9 Å². The van der Waals surface area contributed by atoms with Crippen molar-refractivity contribution in [1.82, 2.24) is 9.97 Å². The second kappa shape index (κ2) is 9.53. The third-order valence-electron chi connectivity index (χ3n) is 4.83. The van der Waals surface area contributed by atoms with Crippen LogP contribution in [-0.4, -0.2) is 28.3 Å². The first kappa shape index (κ1) is 20.1. The molecule has 3 rings (SSSR count). The van der Waals surface area contributed by atoms with E-state index in [-0.39, 0.29) is 6.61 Å². The zero-order chi connectivity index (χ0) is 19.8. The molecule has 148 valence electrons. The van der Waals surface area contributed by atoms with Crippen molar-refractivity contribution in [3.05, 3.63) is 72.2 Å². The predicted octanol–water partition coefficient (Wildman–Crippen LogP) is 4.03. The van der Waals surface area contributed by atoms with Crippen LogP contribution >= 0.6 is 0 Å². The van der Waals surface area contributed by atoms with Crippen LogP contribution < -0.4 is 10.5 Å². The van der Waals surface area contributed by atoms with Crippen LogP contribution in [0.3, 0.4) is 0 Å². The molecule has 5 heteroatoms. The fraction of sp³-hybridized carbons (Fsp3) is 0.348. The first-order valence-corrected chi connectivity index (χ1v) is 9.81. The Morgan fingerprint density at radius 1 is 1.04 bits per heavy atom. The first-order valence-electron chi connectivity index (χ1n) is 9.81. The van der Waals surface area contributed by atoms with Crippen LogP contribution in [0.2, 0.25) is 0 Å². The van der Waals surface area contributed by atoms with Gasteiger partial charge in [-0.25, -0.2) is 4.98 Å². The number of rotatable bonds is 10. The highest BCUT2D eigenvalue weighted by Gasteiger charge is 2.23. The highest BCUT2D eigenvalue weighted by atomic mass is 16.5. The fourth-order valence-electron chi connectivity index (χ4n) is 3.01. The number of benzene rings is 2. The van der Waals surface area contributed by atoms with E-state index in [1.807, 2.05) is 24.3 Å². The normalized spacial score (nSPS) is 13.2. The minimum atomic E-state index is -0.873. The van der Waals surface area contributed by atoms with E-state index in [4.69, 9.17) is 10.5 Å². The molecule has 3 aromatic rings. The molecule has 0 aliphatic rings. The van der Waals surface area contributed by atoms with Gasteiger partial charge in [-0.05, 0) is 68.0 Å². The van der Waals surface area contributed by atoms with Gasteiger partial charge in [0.05, 0.1) is 30.6 Å². The minimum absolute atomic E-state index is 0.169. The average molecular weight is 380 g/mol. The van der Waals surface area contributed by atoms with Crippen molar-refractivity contribution >= 4 is 0 Å². The molecule has 0 aliphatic carbocycles. The lowest BCUT2D eigenvalue weighted by Gasteiger charge is -2.18. The standard InChI is InChI=1S/C23H29N3O2/c1-23(24,17-27)22-25-16-21(26-22)19-11-13-20(14-12-19)28-15-7-3-6-10-18-8-4-2-5-9-18/h2,4-5,8-9,11-14,16,27H,3,6-7,10,15,17,24H2,1H3,(H,25,26)/t23-/m0/s1. The van der Waals surface area contributed by atoms with E-state index >= 15 is 0 Å². The Morgan fingerprint density at radius 2 is 1.79 bits per heavy atom. The van der Waals surface area contributed by atoms with E-state index in [1.165, 1.54) is 12.0 Å². The number of nitrogens with two attached hydrogens (primary N) is 1. The third-order valence-corrected chi connectivity index (χ3v) is 4.83. The summed E-state index contributed by atoms with van der Waals surface area (Å²) in [7, 11) is 0. The number of aryl methyl sites for hydroxylation is 1.